The lowest BCUT2D eigenvalue weighted by molar-refractivity contribution is -0.142. The van der Waals surface area contributed by atoms with Crippen LogP contribution in [-0.2, 0) is 9.59 Å². The van der Waals surface area contributed by atoms with Gasteiger partial charge in [-0.3, -0.25) is 14.4 Å². The van der Waals surface area contributed by atoms with Crippen LogP contribution in [0, 0.1) is 5.82 Å². The Morgan fingerprint density at radius 3 is 2.81 bits per heavy atom. The number of nitrogens with one attached hydrogen (secondary N) is 1. The van der Waals surface area contributed by atoms with Gasteiger partial charge in [0.05, 0.1) is 11.4 Å². The van der Waals surface area contributed by atoms with Crippen molar-refractivity contribution in [3.63, 3.8) is 0 Å². The molecule has 2 N–H and O–H groups in total. The van der Waals surface area contributed by atoms with Gasteiger partial charge in [-0.05, 0) is 18.2 Å². The monoisotopic (exact) mass is 314 g/mol. The summed E-state index contributed by atoms with van der Waals surface area (Å²) in [6, 6.07) is 2.36. The van der Waals surface area contributed by atoms with Crippen LogP contribution in [0.15, 0.2) is 18.2 Å². The molecule has 6 nitrogen and oxygen atoms in total. The first-order chi connectivity index (χ1) is 9.90. The number of hydrogen-bond donors (Lipinski definition) is 2. The second kappa shape index (κ2) is 6.09. The Bertz CT molecular complexity index is 608. The average Bonchev–Trinajstić information content (AvgIpc) is 2.43. The minimum Gasteiger partial charge on any atom is -0.481 e. The highest BCUT2D eigenvalue weighted by atomic mass is 35.5. The molecule has 1 aromatic rings. The predicted octanol–water partition coefficient (Wildman–Crippen LogP) is 0.894. The Balaban J connectivity index is 2.27. The number of carbonyl (C=O) groups excluding carboxylic acids is 2. The van der Waals surface area contributed by atoms with Crippen molar-refractivity contribution in [3.05, 3.63) is 34.6 Å². The van der Waals surface area contributed by atoms with Crippen molar-refractivity contribution in [2.45, 2.75) is 12.5 Å². The molecule has 0 spiro atoms. The predicted molar refractivity (Wildman–Crippen MR) is 71.5 cm³/mol. The lowest BCUT2D eigenvalue weighted by atomic mass is 10.1. The zero-order valence-corrected chi connectivity index (χ0v) is 11.6. The molecule has 1 unspecified atom stereocenters. The fourth-order valence-electron chi connectivity index (χ4n) is 2.12. The summed E-state index contributed by atoms with van der Waals surface area (Å²) in [4.78, 5) is 36.1. The van der Waals surface area contributed by atoms with Gasteiger partial charge in [0.15, 0.2) is 0 Å². The molecule has 21 heavy (non-hydrogen) atoms. The number of halogens is 2. The van der Waals surface area contributed by atoms with E-state index in [1.807, 2.05) is 0 Å². The maximum atomic E-state index is 13.1. The topological polar surface area (TPSA) is 86.7 Å². The molecule has 0 aromatic heterocycles. The quantitative estimate of drug-likeness (QED) is 0.867. The Morgan fingerprint density at radius 1 is 1.48 bits per heavy atom. The molecule has 8 heteroatoms. The van der Waals surface area contributed by atoms with Gasteiger partial charge in [-0.25, -0.2) is 4.39 Å². The molecular weight excluding hydrogens is 303 g/mol. The standard InChI is InChI=1S/C13H12ClFN2O4/c14-8-5-7(1-2-9(8)15)13(21)17-4-3-16-12(20)10(17)6-11(18)19/h1-2,5,10H,3-4,6H2,(H,16,20)(H,18,19). The van der Waals surface area contributed by atoms with Crippen LogP contribution in [0.3, 0.4) is 0 Å². The van der Waals surface area contributed by atoms with Crippen LogP contribution >= 0.6 is 11.6 Å². The first-order valence-electron chi connectivity index (χ1n) is 6.15. The van der Waals surface area contributed by atoms with Crippen molar-refractivity contribution in [1.82, 2.24) is 10.2 Å². The SMILES string of the molecule is O=C(O)CC1C(=O)NCCN1C(=O)c1ccc(F)c(Cl)c1. The van der Waals surface area contributed by atoms with E-state index < -0.39 is 36.1 Å². The summed E-state index contributed by atoms with van der Waals surface area (Å²) in [5.41, 5.74) is 0.103. The van der Waals surface area contributed by atoms with E-state index in [4.69, 9.17) is 16.7 Å². The molecule has 112 valence electrons. The molecule has 1 aliphatic rings. The van der Waals surface area contributed by atoms with E-state index >= 15 is 0 Å². The third-order valence-electron chi connectivity index (χ3n) is 3.13. The lowest BCUT2D eigenvalue weighted by Gasteiger charge is -2.34. The van der Waals surface area contributed by atoms with Gasteiger partial charge in [-0.2, -0.15) is 0 Å². The van der Waals surface area contributed by atoms with E-state index in [9.17, 15) is 18.8 Å². The smallest absolute Gasteiger partial charge is 0.305 e. The second-order valence-corrected chi connectivity index (χ2v) is 4.94. The van der Waals surface area contributed by atoms with Crippen molar-refractivity contribution in [2.75, 3.05) is 13.1 Å². The van der Waals surface area contributed by atoms with Crippen molar-refractivity contribution >= 4 is 29.4 Å². The van der Waals surface area contributed by atoms with Gasteiger partial charge in [0.25, 0.3) is 5.91 Å². The summed E-state index contributed by atoms with van der Waals surface area (Å²) < 4.78 is 13.1. The molecule has 1 aliphatic heterocycles. The van der Waals surface area contributed by atoms with Crippen molar-refractivity contribution in [2.24, 2.45) is 0 Å². The van der Waals surface area contributed by atoms with Crippen molar-refractivity contribution < 1.29 is 23.9 Å². The number of benzene rings is 1. The minimum absolute atomic E-state index is 0.103. The van der Waals surface area contributed by atoms with E-state index in [0.717, 1.165) is 17.0 Å². The minimum atomic E-state index is -1.19. The number of carbonyl (C=O) groups is 3. The van der Waals surface area contributed by atoms with Crippen LogP contribution in [0.1, 0.15) is 16.8 Å². The Hall–Kier alpha value is -2.15. The largest absolute Gasteiger partial charge is 0.481 e. The highest BCUT2D eigenvalue weighted by Crippen LogP contribution is 2.19. The summed E-state index contributed by atoms with van der Waals surface area (Å²) in [6.45, 7) is 0.410. The molecular formula is C13H12ClFN2O4. The van der Waals surface area contributed by atoms with Crippen molar-refractivity contribution in [3.8, 4) is 0 Å². The van der Waals surface area contributed by atoms with Gasteiger partial charge in [0, 0.05) is 18.7 Å². The molecule has 1 fully saturated rings. The molecule has 0 saturated carbocycles. The fraction of sp³-hybridized carbons (Fsp3) is 0.308. The summed E-state index contributed by atoms with van der Waals surface area (Å²) in [5, 5.41) is 11.1. The van der Waals surface area contributed by atoms with Crippen LogP contribution in [0.2, 0.25) is 5.02 Å². The number of hydrogen-bond acceptors (Lipinski definition) is 3. The highest BCUT2D eigenvalue weighted by molar-refractivity contribution is 6.31. The lowest BCUT2D eigenvalue weighted by Crippen LogP contribution is -2.57. The molecule has 0 radical (unpaired) electrons. The molecule has 1 aromatic carbocycles. The van der Waals surface area contributed by atoms with Crippen LogP contribution in [0.4, 0.5) is 4.39 Å². The van der Waals surface area contributed by atoms with Gasteiger partial charge in [0.2, 0.25) is 5.91 Å². The van der Waals surface area contributed by atoms with E-state index in [1.54, 1.807) is 0 Å². The Labute approximate surface area is 124 Å². The maximum absolute atomic E-state index is 13.1. The van der Waals surface area contributed by atoms with Crippen LogP contribution < -0.4 is 5.32 Å². The number of amides is 2. The van der Waals surface area contributed by atoms with E-state index in [-0.39, 0.29) is 23.7 Å². The van der Waals surface area contributed by atoms with E-state index in [2.05, 4.69) is 5.32 Å². The van der Waals surface area contributed by atoms with Gasteiger partial charge in [-0.15, -0.1) is 0 Å². The van der Waals surface area contributed by atoms with Crippen LogP contribution in [0.5, 0.6) is 0 Å². The summed E-state index contributed by atoms with van der Waals surface area (Å²) in [7, 11) is 0. The van der Waals surface area contributed by atoms with Crippen LogP contribution in [-0.4, -0.2) is 46.9 Å². The normalized spacial score (nSPS) is 18.3. The number of rotatable bonds is 3. The zero-order valence-electron chi connectivity index (χ0n) is 10.8. The van der Waals surface area contributed by atoms with E-state index in [1.165, 1.54) is 6.07 Å². The van der Waals surface area contributed by atoms with Gasteiger partial charge in [-0.1, -0.05) is 11.6 Å². The summed E-state index contributed by atoms with van der Waals surface area (Å²) >= 11 is 5.63. The fourth-order valence-corrected chi connectivity index (χ4v) is 2.30. The number of aliphatic carboxylic acids is 1. The molecule has 1 atom stereocenters. The number of carboxylic acid groups (broad SMARTS) is 1. The maximum Gasteiger partial charge on any atom is 0.305 e. The molecule has 1 heterocycles. The third kappa shape index (κ3) is 3.30. The van der Waals surface area contributed by atoms with Gasteiger partial charge in [0.1, 0.15) is 11.9 Å². The second-order valence-electron chi connectivity index (χ2n) is 4.53. The van der Waals surface area contributed by atoms with Crippen LogP contribution in [0.25, 0.3) is 0 Å². The van der Waals surface area contributed by atoms with E-state index in [0.29, 0.717) is 0 Å². The third-order valence-corrected chi connectivity index (χ3v) is 3.42. The first-order valence-corrected chi connectivity index (χ1v) is 6.53. The highest BCUT2D eigenvalue weighted by Gasteiger charge is 2.35. The zero-order chi connectivity index (χ0) is 15.6. The molecule has 0 aliphatic carbocycles. The number of nitrogens with zero attached hydrogens (tertiary/aromatic N) is 1. The summed E-state index contributed by atoms with van der Waals surface area (Å²) in [6.07, 6.45) is -0.494. The number of piperazine rings is 1. The summed E-state index contributed by atoms with van der Waals surface area (Å²) in [5.74, 6) is -2.93. The molecule has 0 bridgehead atoms. The Kier molecular flexibility index (Phi) is 4.42. The Morgan fingerprint density at radius 2 is 2.19 bits per heavy atom. The van der Waals surface area contributed by atoms with Gasteiger partial charge < -0.3 is 15.3 Å². The first kappa shape index (κ1) is 15.2. The van der Waals surface area contributed by atoms with Crippen molar-refractivity contribution in [1.29, 1.82) is 0 Å². The molecule has 2 amide bonds. The average molecular weight is 315 g/mol. The molecule has 2 rings (SSSR count). The number of carboxylic acids is 1. The molecule has 1 saturated heterocycles. The van der Waals surface area contributed by atoms with Gasteiger partial charge >= 0.3 is 5.97 Å².